The van der Waals surface area contributed by atoms with E-state index in [0.29, 0.717) is 5.69 Å². The van der Waals surface area contributed by atoms with Gasteiger partial charge in [0.1, 0.15) is 0 Å². The molecule has 3 aromatic rings. The second-order valence-corrected chi connectivity index (χ2v) is 7.13. The van der Waals surface area contributed by atoms with E-state index in [9.17, 15) is 9.59 Å². The number of anilines is 1. The van der Waals surface area contributed by atoms with Crippen LogP contribution >= 0.6 is 0 Å². The molecule has 0 radical (unpaired) electrons. The topological polar surface area (TPSA) is 75.2 Å². The van der Waals surface area contributed by atoms with E-state index in [4.69, 9.17) is 0 Å². The molecule has 0 saturated carbocycles. The number of hydrogen-bond acceptors (Lipinski definition) is 4. The average Bonchev–Trinajstić information content (AvgIpc) is 2.68. The van der Waals surface area contributed by atoms with Crippen molar-refractivity contribution in [2.75, 3.05) is 18.9 Å². The molecule has 1 N–H and O–H groups in total. The largest absolute Gasteiger partial charge is 0.333 e. The second kappa shape index (κ2) is 8.65. The summed E-state index contributed by atoms with van der Waals surface area (Å²) in [4.78, 5) is 34.9. The van der Waals surface area contributed by atoms with Gasteiger partial charge < -0.3 is 10.2 Å². The maximum absolute atomic E-state index is 12.4. The first-order valence-electron chi connectivity index (χ1n) is 9.36. The molecule has 29 heavy (non-hydrogen) atoms. The summed E-state index contributed by atoms with van der Waals surface area (Å²) in [6, 6.07) is 11.6. The van der Waals surface area contributed by atoms with E-state index in [2.05, 4.69) is 15.3 Å². The molecule has 0 aliphatic heterocycles. The molecule has 1 heterocycles. The molecule has 6 heteroatoms. The third-order valence-corrected chi connectivity index (χ3v) is 4.56. The van der Waals surface area contributed by atoms with Gasteiger partial charge in [-0.25, -0.2) is 4.98 Å². The van der Waals surface area contributed by atoms with Crippen LogP contribution in [0.5, 0.6) is 0 Å². The molecule has 0 unspecified atom stereocenters. The van der Waals surface area contributed by atoms with Gasteiger partial charge in [0, 0.05) is 18.8 Å². The summed E-state index contributed by atoms with van der Waals surface area (Å²) >= 11 is 0. The third kappa shape index (κ3) is 5.04. The summed E-state index contributed by atoms with van der Waals surface area (Å²) in [5, 5.41) is 2.91. The molecule has 0 saturated heterocycles. The Kier molecular flexibility index (Phi) is 6.02. The maximum atomic E-state index is 12.4. The van der Waals surface area contributed by atoms with Crippen molar-refractivity contribution in [2.45, 2.75) is 20.8 Å². The van der Waals surface area contributed by atoms with Crippen molar-refractivity contribution >= 4 is 34.6 Å². The summed E-state index contributed by atoms with van der Waals surface area (Å²) in [7, 11) is 1.59. The fourth-order valence-corrected chi connectivity index (χ4v) is 3.19. The number of amides is 2. The first kappa shape index (κ1) is 20.2. The van der Waals surface area contributed by atoms with Gasteiger partial charge in [-0.2, -0.15) is 0 Å². The number of nitrogens with zero attached hydrogens (tertiary/aromatic N) is 3. The van der Waals surface area contributed by atoms with E-state index in [0.717, 1.165) is 33.4 Å². The van der Waals surface area contributed by atoms with Crippen LogP contribution in [0.15, 0.2) is 48.7 Å². The summed E-state index contributed by atoms with van der Waals surface area (Å²) in [6.45, 7) is 5.89. The minimum absolute atomic E-state index is 0.0423. The Balaban J connectivity index is 1.62. The van der Waals surface area contributed by atoms with Crippen LogP contribution in [-0.4, -0.2) is 40.3 Å². The van der Waals surface area contributed by atoms with Crippen molar-refractivity contribution in [1.29, 1.82) is 0 Å². The Hall–Kier alpha value is -3.54. The highest BCUT2D eigenvalue weighted by atomic mass is 16.2. The quantitative estimate of drug-likeness (QED) is 0.677. The Morgan fingerprint density at radius 1 is 1.07 bits per heavy atom. The number of para-hydroxylation sites is 2. The van der Waals surface area contributed by atoms with Crippen LogP contribution in [0, 0.1) is 20.8 Å². The molecule has 0 bridgehead atoms. The molecule has 3 rings (SSSR count). The van der Waals surface area contributed by atoms with Gasteiger partial charge in [-0.1, -0.05) is 29.8 Å². The molecule has 0 aliphatic carbocycles. The van der Waals surface area contributed by atoms with Gasteiger partial charge in [-0.3, -0.25) is 14.6 Å². The van der Waals surface area contributed by atoms with Gasteiger partial charge in [0.25, 0.3) is 0 Å². The Morgan fingerprint density at radius 2 is 1.72 bits per heavy atom. The van der Waals surface area contributed by atoms with Crippen LogP contribution in [0.4, 0.5) is 5.69 Å². The van der Waals surface area contributed by atoms with Gasteiger partial charge >= 0.3 is 0 Å². The van der Waals surface area contributed by atoms with Gasteiger partial charge in [0.15, 0.2) is 0 Å². The average molecular weight is 388 g/mol. The van der Waals surface area contributed by atoms with E-state index in [1.165, 1.54) is 11.0 Å². The molecular weight excluding hydrogens is 364 g/mol. The summed E-state index contributed by atoms with van der Waals surface area (Å²) in [5.74, 6) is -0.526. The lowest BCUT2D eigenvalue weighted by Crippen LogP contribution is -2.34. The Labute approximate surface area is 170 Å². The predicted molar refractivity (Wildman–Crippen MR) is 115 cm³/mol. The minimum Gasteiger partial charge on any atom is -0.333 e. The lowest BCUT2D eigenvalue weighted by Gasteiger charge is -2.17. The molecule has 0 spiro atoms. The van der Waals surface area contributed by atoms with Crippen molar-refractivity contribution in [3.05, 3.63) is 71.1 Å². The molecule has 6 nitrogen and oxygen atoms in total. The number of carbonyl (C=O) groups excluding carboxylic acids is 2. The van der Waals surface area contributed by atoms with Gasteiger partial charge in [-0.05, 0) is 50.1 Å². The zero-order chi connectivity index (χ0) is 21.0. The van der Waals surface area contributed by atoms with E-state index in [-0.39, 0.29) is 18.4 Å². The molecule has 0 fully saturated rings. The summed E-state index contributed by atoms with van der Waals surface area (Å²) < 4.78 is 0. The van der Waals surface area contributed by atoms with E-state index in [1.54, 1.807) is 19.3 Å². The van der Waals surface area contributed by atoms with Crippen molar-refractivity contribution in [3.63, 3.8) is 0 Å². The van der Waals surface area contributed by atoms with Crippen LogP contribution in [0.3, 0.4) is 0 Å². The first-order chi connectivity index (χ1) is 13.8. The van der Waals surface area contributed by atoms with Crippen LogP contribution in [0.1, 0.15) is 22.4 Å². The van der Waals surface area contributed by atoms with Gasteiger partial charge in [-0.15, -0.1) is 0 Å². The number of likely N-dealkylation sites (N-methyl/N-ethyl adjacent to an activating group) is 1. The van der Waals surface area contributed by atoms with E-state index < -0.39 is 0 Å². The number of fused-ring (bicyclic) bond motifs is 1. The zero-order valence-corrected chi connectivity index (χ0v) is 17.1. The Morgan fingerprint density at radius 3 is 2.41 bits per heavy atom. The van der Waals surface area contributed by atoms with Crippen molar-refractivity contribution in [1.82, 2.24) is 14.9 Å². The number of carbonyl (C=O) groups is 2. The normalized spacial score (nSPS) is 11.0. The van der Waals surface area contributed by atoms with Crippen molar-refractivity contribution in [3.8, 4) is 0 Å². The van der Waals surface area contributed by atoms with Crippen LogP contribution in [-0.2, 0) is 9.59 Å². The van der Waals surface area contributed by atoms with Crippen LogP contribution in [0.25, 0.3) is 17.1 Å². The highest BCUT2D eigenvalue weighted by Gasteiger charge is 2.13. The lowest BCUT2D eigenvalue weighted by atomic mass is 10.1. The highest BCUT2D eigenvalue weighted by Crippen LogP contribution is 2.21. The van der Waals surface area contributed by atoms with Gasteiger partial charge in [0.05, 0.1) is 29.5 Å². The number of nitrogens with one attached hydrogen (secondary N) is 1. The number of hydrogen-bond donors (Lipinski definition) is 1. The number of rotatable bonds is 5. The highest BCUT2D eigenvalue weighted by molar-refractivity contribution is 5.98. The first-order valence-corrected chi connectivity index (χ1v) is 9.36. The third-order valence-electron chi connectivity index (χ3n) is 4.56. The van der Waals surface area contributed by atoms with Crippen LogP contribution in [0.2, 0.25) is 0 Å². The summed E-state index contributed by atoms with van der Waals surface area (Å²) in [6.07, 6.45) is 4.61. The van der Waals surface area contributed by atoms with Gasteiger partial charge in [0.2, 0.25) is 11.8 Å². The van der Waals surface area contributed by atoms with Crippen molar-refractivity contribution in [2.24, 2.45) is 0 Å². The molecule has 0 aliphatic rings. The van der Waals surface area contributed by atoms with Crippen LogP contribution < -0.4 is 5.32 Å². The molecule has 148 valence electrons. The fraction of sp³-hybridized carbons (Fsp3) is 0.217. The van der Waals surface area contributed by atoms with E-state index in [1.807, 2.05) is 57.2 Å². The standard InChI is InChI=1S/C23H24N4O2/c1-15-11-16(2)23(17(3)12-15)26-21(28)14-27(4)22(29)10-9-18-13-24-19-7-5-6-8-20(19)25-18/h5-13H,14H2,1-4H3,(H,26,28)/b10-9+. The molecular formula is C23H24N4O2. The smallest absolute Gasteiger partial charge is 0.246 e. The fourth-order valence-electron chi connectivity index (χ4n) is 3.19. The predicted octanol–water partition coefficient (Wildman–Crippen LogP) is 3.67. The molecule has 1 aromatic heterocycles. The molecule has 0 atom stereocenters. The SMILES string of the molecule is Cc1cc(C)c(NC(=O)CN(C)C(=O)/C=C/c2cnc3ccccc3n2)c(C)c1. The number of benzene rings is 2. The number of aryl methyl sites for hydroxylation is 3. The monoisotopic (exact) mass is 388 g/mol. The second-order valence-electron chi connectivity index (χ2n) is 7.13. The summed E-state index contributed by atoms with van der Waals surface area (Å²) in [5.41, 5.74) is 6.08. The number of aromatic nitrogens is 2. The molecule has 2 amide bonds. The maximum Gasteiger partial charge on any atom is 0.246 e. The lowest BCUT2D eigenvalue weighted by molar-refractivity contribution is -0.129. The molecule has 2 aromatic carbocycles. The van der Waals surface area contributed by atoms with Crippen molar-refractivity contribution < 1.29 is 9.59 Å². The Bertz CT molecular complexity index is 1080. The zero-order valence-electron chi connectivity index (χ0n) is 17.1. The van der Waals surface area contributed by atoms with E-state index >= 15 is 0 Å². The minimum atomic E-state index is -0.285.